The van der Waals surface area contributed by atoms with Gasteiger partial charge in [-0.15, -0.1) is 0 Å². The Morgan fingerprint density at radius 1 is 0.909 bits per heavy atom. The second-order valence-corrected chi connectivity index (χ2v) is 15.3. The van der Waals surface area contributed by atoms with Crippen molar-refractivity contribution in [2.24, 2.45) is 23.7 Å². The van der Waals surface area contributed by atoms with E-state index in [9.17, 15) is 24.3 Å². The molecule has 1 aliphatic carbocycles. The van der Waals surface area contributed by atoms with Crippen LogP contribution in [0.3, 0.4) is 0 Å². The van der Waals surface area contributed by atoms with Crippen molar-refractivity contribution in [3.05, 3.63) is 78.6 Å². The number of carbonyl (C=O) groups is 4. The number of benzene rings is 1. The molecule has 3 aromatic rings. The van der Waals surface area contributed by atoms with E-state index < -0.39 is 42.0 Å². The highest BCUT2D eigenvalue weighted by Gasteiger charge is 2.35. The molecule has 55 heavy (non-hydrogen) atoms. The molecule has 1 fully saturated rings. The number of aliphatic hydroxyl groups excluding tert-OH is 1. The molecule has 0 spiro atoms. The molecule has 2 heterocycles. The van der Waals surface area contributed by atoms with Crippen LogP contribution in [0.5, 0.6) is 5.75 Å². The summed E-state index contributed by atoms with van der Waals surface area (Å²) in [5.41, 5.74) is 1.36. The summed E-state index contributed by atoms with van der Waals surface area (Å²) in [4.78, 5) is 66.0. The lowest BCUT2D eigenvalue weighted by molar-refractivity contribution is -0.134. The summed E-state index contributed by atoms with van der Waals surface area (Å²) in [6.07, 6.45) is 11.6. The highest BCUT2D eigenvalue weighted by Crippen LogP contribution is 2.29. The van der Waals surface area contributed by atoms with Gasteiger partial charge in [-0.1, -0.05) is 96.9 Å². The molecule has 13 nitrogen and oxygen atoms in total. The van der Waals surface area contributed by atoms with Gasteiger partial charge in [0.15, 0.2) is 6.61 Å². The van der Waals surface area contributed by atoms with Crippen molar-refractivity contribution in [1.29, 1.82) is 0 Å². The van der Waals surface area contributed by atoms with Gasteiger partial charge in [-0.3, -0.25) is 24.2 Å². The number of aliphatic hydroxyl groups is 1. The Hall–Kier alpha value is -4.78. The maximum absolute atomic E-state index is 14.1. The zero-order valence-electron chi connectivity index (χ0n) is 32.8. The van der Waals surface area contributed by atoms with Gasteiger partial charge in [0.2, 0.25) is 17.7 Å². The van der Waals surface area contributed by atoms with Crippen LogP contribution in [0.2, 0.25) is 0 Å². The molecule has 300 valence electrons. The Morgan fingerprint density at radius 3 is 2.27 bits per heavy atom. The van der Waals surface area contributed by atoms with Crippen molar-refractivity contribution in [2.75, 3.05) is 6.61 Å². The molecule has 4 amide bonds. The van der Waals surface area contributed by atoms with E-state index in [-0.39, 0.29) is 55.6 Å². The lowest BCUT2D eigenvalue weighted by Gasteiger charge is -2.33. The van der Waals surface area contributed by atoms with Gasteiger partial charge in [0.05, 0.1) is 30.7 Å². The summed E-state index contributed by atoms with van der Waals surface area (Å²) in [5, 5.41) is 23.8. The summed E-state index contributed by atoms with van der Waals surface area (Å²) in [6.45, 7) is 7.69. The number of para-hydroxylation sites is 1. The SMILES string of the molecule is CC[C@H](C)[C@H](NC(=O)[C@@H](C[C@H](O)[C@H](CC1CCCCCC1)NC(=O)[C@H](Cc1cnc[nH]1)NC(=O)COc1ccccc1)C(C)C)C(=O)NCc1ccccn1. The molecule has 0 aliphatic heterocycles. The van der Waals surface area contributed by atoms with E-state index in [0.717, 1.165) is 38.5 Å². The molecule has 0 radical (unpaired) electrons. The van der Waals surface area contributed by atoms with Crippen LogP contribution in [0.4, 0.5) is 0 Å². The number of aromatic amines is 1. The van der Waals surface area contributed by atoms with Crippen molar-refractivity contribution in [3.8, 4) is 5.75 Å². The molecule has 4 rings (SSSR count). The first-order chi connectivity index (χ1) is 26.5. The van der Waals surface area contributed by atoms with Crippen LogP contribution in [0.1, 0.15) is 96.9 Å². The van der Waals surface area contributed by atoms with Gasteiger partial charge in [0.25, 0.3) is 5.91 Å². The third kappa shape index (κ3) is 14.4. The fourth-order valence-electron chi connectivity index (χ4n) is 7.14. The van der Waals surface area contributed by atoms with Crippen LogP contribution in [0.25, 0.3) is 0 Å². The lowest BCUT2D eigenvalue weighted by Crippen LogP contribution is -2.55. The van der Waals surface area contributed by atoms with E-state index in [1.165, 1.54) is 6.33 Å². The van der Waals surface area contributed by atoms with Crippen LogP contribution < -0.4 is 26.0 Å². The quantitative estimate of drug-likeness (QED) is 0.0849. The minimum absolute atomic E-state index is 0.0758. The Kier molecular flexibility index (Phi) is 17.6. The summed E-state index contributed by atoms with van der Waals surface area (Å²) in [5.74, 6) is -1.69. The molecule has 6 atom stereocenters. The lowest BCUT2D eigenvalue weighted by atomic mass is 9.83. The molecular formula is C42H61N7O6. The van der Waals surface area contributed by atoms with E-state index >= 15 is 0 Å². The summed E-state index contributed by atoms with van der Waals surface area (Å²) in [7, 11) is 0. The number of hydrogen-bond donors (Lipinski definition) is 6. The van der Waals surface area contributed by atoms with Gasteiger partial charge in [-0.25, -0.2) is 4.98 Å². The first kappa shape index (κ1) is 43.0. The molecule has 0 bridgehead atoms. The van der Waals surface area contributed by atoms with Gasteiger partial charge >= 0.3 is 0 Å². The zero-order valence-corrected chi connectivity index (χ0v) is 32.8. The second-order valence-electron chi connectivity index (χ2n) is 15.3. The Labute approximate surface area is 325 Å². The van der Waals surface area contributed by atoms with E-state index in [1.807, 2.05) is 52.0 Å². The van der Waals surface area contributed by atoms with Crippen LogP contribution in [0, 0.1) is 23.7 Å². The first-order valence-corrected chi connectivity index (χ1v) is 19.9. The number of ether oxygens (including phenoxy) is 1. The number of pyridine rings is 1. The third-order valence-corrected chi connectivity index (χ3v) is 10.7. The van der Waals surface area contributed by atoms with Crippen molar-refractivity contribution in [2.45, 2.75) is 123 Å². The van der Waals surface area contributed by atoms with Gasteiger partial charge in [-0.05, 0) is 54.9 Å². The predicted octanol–water partition coefficient (Wildman–Crippen LogP) is 4.63. The topological polar surface area (TPSA) is 187 Å². The first-order valence-electron chi connectivity index (χ1n) is 19.9. The highest BCUT2D eigenvalue weighted by atomic mass is 16.5. The number of aromatic nitrogens is 3. The molecule has 1 aliphatic rings. The molecule has 13 heteroatoms. The minimum Gasteiger partial charge on any atom is -0.484 e. The van der Waals surface area contributed by atoms with Gasteiger partial charge in [-0.2, -0.15) is 0 Å². The maximum Gasteiger partial charge on any atom is 0.258 e. The summed E-state index contributed by atoms with van der Waals surface area (Å²) >= 11 is 0. The highest BCUT2D eigenvalue weighted by molar-refractivity contribution is 5.89. The minimum atomic E-state index is -1.07. The predicted molar refractivity (Wildman–Crippen MR) is 210 cm³/mol. The molecule has 2 aromatic heterocycles. The number of nitrogens with one attached hydrogen (secondary N) is 5. The van der Waals surface area contributed by atoms with E-state index in [1.54, 1.807) is 36.7 Å². The van der Waals surface area contributed by atoms with Crippen molar-refractivity contribution < 1.29 is 29.0 Å². The Bertz CT molecular complexity index is 1580. The van der Waals surface area contributed by atoms with Crippen LogP contribution in [0.15, 0.2) is 67.3 Å². The summed E-state index contributed by atoms with van der Waals surface area (Å²) in [6, 6.07) is 12.0. The normalized spacial score (nSPS) is 16.8. The maximum atomic E-state index is 14.1. The molecule has 0 unspecified atom stereocenters. The Morgan fingerprint density at radius 2 is 1.64 bits per heavy atom. The number of carbonyl (C=O) groups excluding carboxylic acids is 4. The third-order valence-electron chi connectivity index (χ3n) is 10.7. The van der Waals surface area contributed by atoms with Crippen molar-refractivity contribution >= 4 is 23.6 Å². The molecule has 0 saturated heterocycles. The van der Waals surface area contributed by atoms with Crippen LogP contribution in [-0.4, -0.2) is 74.5 Å². The molecule has 1 saturated carbocycles. The van der Waals surface area contributed by atoms with Gasteiger partial charge < -0.3 is 36.1 Å². The average molecular weight is 760 g/mol. The average Bonchev–Trinajstić information content (AvgIpc) is 3.57. The number of nitrogens with zero attached hydrogens (tertiary/aromatic N) is 2. The Balaban J connectivity index is 1.49. The largest absolute Gasteiger partial charge is 0.484 e. The number of hydrogen-bond acceptors (Lipinski definition) is 8. The van der Waals surface area contributed by atoms with E-state index in [4.69, 9.17) is 4.74 Å². The van der Waals surface area contributed by atoms with Gasteiger partial charge in [0.1, 0.15) is 17.8 Å². The van der Waals surface area contributed by atoms with Crippen LogP contribution >= 0.6 is 0 Å². The summed E-state index contributed by atoms with van der Waals surface area (Å²) < 4.78 is 5.63. The number of rotatable bonds is 21. The van der Waals surface area contributed by atoms with Crippen molar-refractivity contribution in [3.63, 3.8) is 0 Å². The number of imidazole rings is 1. The zero-order chi connectivity index (χ0) is 39.6. The fourth-order valence-corrected chi connectivity index (χ4v) is 7.14. The van der Waals surface area contributed by atoms with E-state index in [0.29, 0.717) is 30.0 Å². The fraction of sp³-hybridized carbons (Fsp3) is 0.571. The van der Waals surface area contributed by atoms with E-state index in [2.05, 4.69) is 36.2 Å². The number of H-pyrrole nitrogens is 1. The standard InChI is InChI=1S/C42H61N7O6/c1-5-29(4)39(42(54)45-25-31-17-13-14-20-44-31)49-40(52)34(28(2)3)23-37(50)35(21-30-15-9-6-7-10-16-30)48-41(53)36(22-32-24-43-27-46-32)47-38(51)26-55-33-18-11-8-12-19-33/h8,11-14,17-20,24,27-30,34-37,39,50H,5-7,9-10,15-16,21-23,25-26H2,1-4H3,(H,43,46)(H,45,54)(H,47,51)(H,48,53)(H,49,52)/t29-,34-,35-,36-,37-,39-/m0/s1. The van der Waals surface area contributed by atoms with Gasteiger partial charge in [0, 0.05) is 30.4 Å². The monoisotopic (exact) mass is 759 g/mol. The second kappa shape index (κ2) is 22.6. The van der Waals surface area contributed by atoms with Crippen LogP contribution in [-0.2, 0) is 32.1 Å². The molecule has 1 aromatic carbocycles. The number of amides is 4. The molecule has 6 N–H and O–H groups in total. The molecular weight excluding hydrogens is 699 g/mol. The smallest absolute Gasteiger partial charge is 0.258 e. The van der Waals surface area contributed by atoms with Crippen molar-refractivity contribution in [1.82, 2.24) is 36.2 Å².